The smallest absolute Gasteiger partial charge is 0.461 e. The quantitative estimate of drug-likeness (QED) is 0.252. The molecule has 0 saturated carbocycles. The summed E-state index contributed by atoms with van der Waals surface area (Å²) in [4.78, 5) is 18.8. The van der Waals surface area contributed by atoms with Crippen molar-refractivity contribution in [1.29, 1.82) is 0 Å². The third kappa shape index (κ3) is 4.83. The Labute approximate surface area is 273 Å². The van der Waals surface area contributed by atoms with Crippen LogP contribution in [-0.2, 0) is 11.2 Å². The number of aryl methyl sites for hydroxylation is 2. The number of aromatic nitrogens is 3. The van der Waals surface area contributed by atoms with Gasteiger partial charge in [-0.1, -0.05) is 24.3 Å². The molecule has 4 saturated heterocycles. The van der Waals surface area contributed by atoms with Crippen molar-refractivity contribution in [2.45, 2.75) is 88.0 Å². The second-order valence-electron chi connectivity index (χ2n) is 14.1. The largest absolute Gasteiger partial charge is 0.522 e. The number of rotatable bonds is 5. The number of hydrogen-bond acceptors (Lipinski definition) is 8. The van der Waals surface area contributed by atoms with E-state index in [0.717, 1.165) is 31.1 Å². The lowest BCUT2D eigenvalue weighted by atomic mass is 9.94. The number of pyridine rings is 1. The standard InChI is InChI=1S/C35H35F5N6O2/c1-18-23(36)8-6-19-4-2-5-22(27(18)19)30-29(37)31-28-25(42-30)10-11-26-24-9-7-20(41-24)15-46(26)32(28)44-33(43-31)47-17-34-12-3-13-45(34)16-21(14-34)48-35(38,39)40/h2,4-6,8,20-21,24,26,41H,3,7,9-17H2,1H3/t20-,21+,24+,26-,34+/m1/s1. The van der Waals surface area contributed by atoms with E-state index < -0.39 is 23.8 Å². The van der Waals surface area contributed by atoms with Gasteiger partial charge in [-0.25, -0.2) is 13.8 Å². The summed E-state index contributed by atoms with van der Waals surface area (Å²) in [5.41, 5.74) is 1.09. The van der Waals surface area contributed by atoms with Crippen LogP contribution in [0.3, 0.4) is 0 Å². The summed E-state index contributed by atoms with van der Waals surface area (Å²) >= 11 is 0. The molecule has 4 aromatic rings. The average Bonchev–Trinajstić information content (AvgIpc) is 3.69. The summed E-state index contributed by atoms with van der Waals surface area (Å²) in [7, 11) is 0. The number of fused-ring (bicyclic) bond motifs is 7. The number of benzene rings is 2. The predicted molar refractivity (Wildman–Crippen MR) is 169 cm³/mol. The highest BCUT2D eigenvalue weighted by Gasteiger charge is 2.52. The molecule has 252 valence electrons. The maximum Gasteiger partial charge on any atom is 0.522 e. The normalized spacial score (nSPS) is 28.2. The van der Waals surface area contributed by atoms with Crippen LogP contribution in [0.1, 0.15) is 49.8 Å². The van der Waals surface area contributed by atoms with Crippen molar-refractivity contribution in [2.24, 2.45) is 0 Å². The molecular weight excluding hydrogens is 631 g/mol. The lowest BCUT2D eigenvalue weighted by molar-refractivity contribution is -0.340. The van der Waals surface area contributed by atoms with Crippen LogP contribution in [0.4, 0.5) is 27.8 Å². The minimum Gasteiger partial charge on any atom is -0.461 e. The first-order valence-corrected chi connectivity index (χ1v) is 16.8. The van der Waals surface area contributed by atoms with E-state index in [9.17, 15) is 17.6 Å². The fourth-order valence-corrected chi connectivity index (χ4v) is 9.28. The van der Waals surface area contributed by atoms with Crippen molar-refractivity contribution < 1.29 is 31.4 Å². The minimum atomic E-state index is -4.72. The molecule has 13 heteroatoms. The van der Waals surface area contributed by atoms with Crippen LogP contribution in [0.5, 0.6) is 6.01 Å². The maximum absolute atomic E-state index is 17.0. The Morgan fingerprint density at radius 2 is 1.90 bits per heavy atom. The Hall–Kier alpha value is -3.68. The van der Waals surface area contributed by atoms with Gasteiger partial charge >= 0.3 is 12.4 Å². The number of ether oxygens (including phenoxy) is 2. The Bertz CT molecular complexity index is 1960. The van der Waals surface area contributed by atoms with E-state index in [-0.39, 0.29) is 60.7 Å². The Kier molecular flexibility index (Phi) is 6.91. The Morgan fingerprint density at radius 3 is 2.75 bits per heavy atom. The van der Waals surface area contributed by atoms with Gasteiger partial charge in [0.05, 0.1) is 22.7 Å². The van der Waals surface area contributed by atoms with Crippen LogP contribution in [0, 0.1) is 18.6 Å². The molecule has 0 amide bonds. The zero-order valence-corrected chi connectivity index (χ0v) is 26.4. The van der Waals surface area contributed by atoms with Crippen LogP contribution in [0.25, 0.3) is 32.9 Å². The molecule has 9 rings (SSSR count). The van der Waals surface area contributed by atoms with E-state index in [1.807, 2.05) is 17.0 Å². The number of anilines is 1. The van der Waals surface area contributed by atoms with Crippen molar-refractivity contribution in [3.63, 3.8) is 0 Å². The monoisotopic (exact) mass is 666 g/mol. The fourth-order valence-electron chi connectivity index (χ4n) is 9.28. The first-order chi connectivity index (χ1) is 23.1. The van der Waals surface area contributed by atoms with Crippen molar-refractivity contribution >= 4 is 27.5 Å². The van der Waals surface area contributed by atoms with Gasteiger partial charge in [0, 0.05) is 36.8 Å². The zero-order chi connectivity index (χ0) is 32.9. The molecule has 5 aliphatic rings. The highest BCUT2D eigenvalue weighted by Crippen LogP contribution is 2.45. The molecular formula is C35H35F5N6O2. The fraction of sp³-hybridized carbons (Fsp3) is 0.514. The van der Waals surface area contributed by atoms with Crippen LogP contribution in [0.15, 0.2) is 30.3 Å². The van der Waals surface area contributed by atoms with Gasteiger partial charge in [0.2, 0.25) is 0 Å². The van der Waals surface area contributed by atoms with E-state index >= 15 is 4.39 Å². The molecule has 0 aliphatic carbocycles. The van der Waals surface area contributed by atoms with Crippen molar-refractivity contribution in [2.75, 3.05) is 31.1 Å². The molecule has 48 heavy (non-hydrogen) atoms. The van der Waals surface area contributed by atoms with Crippen LogP contribution in [0.2, 0.25) is 0 Å². The van der Waals surface area contributed by atoms with E-state index in [4.69, 9.17) is 14.7 Å². The van der Waals surface area contributed by atoms with Crippen molar-refractivity contribution in [3.8, 4) is 17.3 Å². The maximum atomic E-state index is 17.0. The van der Waals surface area contributed by atoms with E-state index in [1.54, 1.807) is 19.1 Å². The van der Waals surface area contributed by atoms with Gasteiger partial charge in [-0.2, -0.15) is 9.97 Å². The Morgan fingerprint density at radius 1 is 1.02 bits per heavy atom. The second kappa shape index (κ2) is 10.9. The van der Waals surface area contributed by atoms with Gasteiger partial charge in [-0.15, -0.1) is 13.2 Å². The van der Waals surface area contributed by atoms with Crippen LogP contribution in [-0.4, -0.2) is 82.2 Å². The third-order valence-corrected chi connectivity index (χ3v) is 11.4. The van der Waals surface area contributed by atoms with Gasteiger partial charge in [-0.05, 0) is 80.8 Å². The lowest BCUT2D eigenvalue weighted by Crippen LogP contribution is -2.58. The highest BCUT2D eigenvalue weighted by atomic mass is 19.4. The Balaban J connectivity index is 1.17. The van der Waals surface area contributed by atoms with E-state index in [2.05, 4.69) is 19.9 Å². The van der Waals surface area contributed by atoms with E-state index in [1.165, 1.54) is 6.07 Å². The molecule has 0 radical (unpaired) electrons. The van der Waals surface area contributed by atoms with E-state index in [0.29, 0.717) is 59.3 Å². The highest BCUT2D eigenvalue weighted by molar-refractivity contribution is 6.01. The number of halogens is 5. The average molecular weight is 667 g/mol. The second-order valence-corrected chi connectivity index (χ2v) is 14.1. The topological polar surface area (TPSA) is 75.6 Å². The third-order valence-electron chi connectivity index (χ3n) is 11.4. The number of nitrogens with one attached hydrogen (secondary N) is 1. The summed E-state index contributed by atoms with van der Waals surface area (Å²) in [6, 6.07) is 9.16. The summed E-state index contributed by atoms with van der Waals surface area (Å²) < 4.78 is 82.0. The van der Waals surface area contributed by atoms with Crippen molar-refractivity contribution in [3.05, 3.63) is 53.2 Å². The molecule has 8 nitrogen and oxygen atoms in total. The lowest BCUT2D eigenvalue weighted by Gasteiger charge is -2.41. The zero-order valence-electron chi connectivity index (χ0n) is 26.4. The predicted octanol–water partition coefficient (Wildman–Crippen LogP) is 6.21. The summed E-state index contributed by atoms with van der Waals surface area (Å²) in [6.07, 6.45) is -0.614. The number of hydrogen-bond donors (Lipinski definition) is 1. The first-order valence-electron chi connectivity index (χ1n) is 16.8. The molecule has 1 N–H and O–H groups in total. The minimum absolute atomic E-state index is 0.0208. The van der Waals surface area contributed by atoms with Gasteiger partial charge in [0.25, 0.3) is 0 Å². The van der Waals surface area contributed by atoms with Gasteiger partial charge in [-0.3, -0.25) is 9.64 Å². The molecule has 2 aromatic carbocycles. The molecule has 0 spiro atoms. The molecule has 2 bridgehead atoms. The molecule has 5 aliphatic heterocycles. The van der Waals surface area contributed by atoms with Crippen LogP contribution >= 0.6 is 0 Å². The van der Waals surface area contributed by atoms with Gasteiger partial charge in [0.1, 0.15) is 29.5 Å². The summed E-state index contributed by atoms with van der Waals surface area (Å²) in [5.74, 6) is -0.450. The van der Waals surface area contributed by atoms with Gasteiger partial charge in [0.15, 0.2) is 5.82 Å². The molecule has 7 heterocycles. The molecule has 2 aromatic heterocycles. The first kappa shape index (κ1) is 30.4. The number of alkyl halides is 3. The number of piperazine rings is 1. The molecule has 4 fully saturated rings. The molecule has 0 unspecified atom stereocenters. The van der Waals surface area contributed by atoms with Gasteiger partial charge < -0.3 is 15.0 Å². The SMILES string of the molecule is Cc1c(F)ccc2cccc(-c3nc4c5c(nc(OC[C@@]67CCCN6C[C@@H](OC(F)(F)F)C7)nc5c3F)N3C[C@H]5CC[C@H](N5)[C@H]3CC4)c12. The summed E-state index contributed by atoms with van der Waals surface area (Å²) in [6.45, 7) is 3.25. The van der Waals surface area contributed by atoms with Crippen LogP contribution < -0.4 is 15.0 Å². The number of nitrogens with zero attached hydrogens (tertiary/aromatic N) is 5. The molecule has 5 atom stereocenters. The van der Waals surface area contributed by atoms with Crippen molar-refractivity contribution in [1.82, 2.24) is 25.2 Å². The summed E-state index contributed by atoms with van der Waals surface area (Å²) in [5, 5.41) is 5.65.